The molecule has 4 aliphatic heterocycles. The van der Waals surface area contributed by atoms with Crippen LogP contribution in [0.2, 0.25) is 0 Å². The van der Waals surface area contributed by atoms with Crippen molar-refractivity contribution in [1.82, 2.24) is 0 Å². The number of ether oxygens (including phenoxy) is 2. The molecule has 0 aliphatic carbocycles. The normalized spacial score (nSPS) is 13.7. The van der Waals surface area contributed by atoms with Gasteiger partial charge < -0.3 is 24.2 Å². The second kappa shape index (κ2) is 17.6. The van der Waals surface area contributed by atoms with E-state index in [1.807, 2.05) is 11.8 Å². The van der Waals surface area contributed by atoms with Crippen LogP contribution in [0, 0.1) is 0 Å². The van der Waals surface area contributed by atoms with E-state index in [0.29, 0.717) is 0 Å². The molecule has 366 valence electrons. The van der Waals surface area contributed by atoms with Crippen molar-refractivity contribution in [1.29, 1.82) is 0 Å². The lowest BCUT2D eigenvalue weighted by atomic mass is 9.31. The highest BCUT2D eigenvalue weighted by Gasteiger charge is 2.47. The van der Waals surface area contributed by atoms with Gasteiger partial charge in [0.15, 0.2) is 0 Å². The Hall–Kier alpha value is -8.32. The third-order valence-electron chi connectivity index (χ3n) is 15.7. The van der Waals surface area contributed by atoms with Crippen LogP contribution in [0.5, 0.6) is 23.0 Å². The fourth-order valence-corrected chi connectivity index (χ4v) is 13.3. The molecule has 0 amide bonds. The van der Waals surface area contributed by atoms with Crippen LogP contribution in [0.3, 0.4) is 0 Å². The maximum absolute atomic E-state index is 7.01. The minimum atomic E-state index is -0.0903. The van der Waals surface area contributed by atoms with Crippen molar-refractivity contribution in [2.45, 2.75) is 62.2 Å². The maximum Gasteiger partial charge on any atom is 0.252 e. The van der Waals surface area contributed by atoms with Crippen molar-refractivity contribution in [3.05, 3.63) is 236 Å². The van der Waals surface area contributed by atoms with Crippen LogP contribution in [0.25, 0.3) is 0 Å². The zero-order valence-corrected chi connectivity index (χ0v) is 44.4. The summed E-state index contributed by atoms with van der Waals surface area (Å²) < 4.78 is 13.9. The van der Waals surface area contributed by atoms with Gasteiger partial charge in [-0.2, -0.15) is 0 Å². The average Bonchev–Trinajstić information content (AvgIpc) is 3.60. The number of nitrogens with zero attached hydrogens (tertiary/aromatic N) is 3. The summed E-state index contributed by atoms with van der Waals surface area (Å²) in [6, 6.07) is 81.9. The first-order chi connectivity index (χ1) is 36.9. The van der Waals surface area contributed by atoms with Crippen molar-refractivity contribution in [2.24, 2.45) is 0 Å². The maximum atomic E-state index is 7.01. The van der Waals surface area contributed by atoms with Gasteiger partial charge in [-0.1, -0.05) is 180 Å². The Bertz CT molecular complexity index is 3890. The molecule has 0 bridgehead atoms. The van der Waals surface area contributed by atoms with Gasteiger partial charge in [-0.3, -0.25) is 0 Å². The van der Waals surface area contributed by atoms with E-state index >= 15 is 0 Å². The van der Waals surface area contributed by atoms with Gasteiger partial charge in [-0.05, 0) is 134 Å². The molecule has 0 saturated heterocycles. The zero-order valence-electron chi connectivity index (χ0n) is 43.6. The molecule has 14 rings (SSSR count). The first-order valence-electron chi connectivity index (χ1n) is 26.5. The molecule has 10 aromatic carbocycles. The monoisotopic (exact) mass is 999 g/mol. The number of hydrogen-bond acceptors (Lipinski definition) is 6. The molecule has 0 N–H and O–H groups in total. The molecule has 0 atom stereocenters. The van der Waals surface area contributed by atoms with Crippen molar-refractivity contribution in [2.75, 3.05) is 14.7 Å². The molecule has 0 fully saturated rings. The number of benzene rings is 10. The van der Waals surface area contributed by atoms with E-state index in [9.17, 15) is 0 Å². The molecule has 76 heavy (non-hydrogen) atoms. The molecular weight excluding hydrogens is 944 g/mol. The molecule has 0 aromatic heterocycles. The molecule has 0 unspecified atom stereocenters. The molecule has 0 saturated carbocycles. The summed E-state index contributed by atoms with van der Waals surface area (Å²) in [4.78, 5) is 9.79. The van der Waals surface area contributed by atoms with E-state index in [1.54, 1.807) is 0 Å². The van der Waals surface area contributed by atoms with Gasteiger partial charge in [0, 0.05) is 79.2 Å². The minimum absolute atomic E-state index is 0.0242. The van der Waals surface area contributed by atoms with Gasteiger partial charge >= 0.3 is 0 Å². The Labute approximate surface area is 451 Å². The van der Waals surface area contributed by atoms with Crippen molar-refractivity contribution >= 4 is 109 Å². The average molecular weight is 1000 g/mol. The highest BCUT2D eigenvalue weighted by Crippen LogP contribution is 2.49. The summed E-state index contributed by atoms with van der Waals surface area (Å²) in [6.07, 6.45) is 0. The predicted octanol–water partition coefficient (Wildman–Crippen LogP) is 14.7. The summed E-state index contributed by atoms with van der Waals surface area (Å²) in [5.74, 6) is 3.20. The Morgan fingerprint density at radius 1 is 0.316 bits per heavy atom. The van der Waals surface area contributed by atoms with Crippen molar-refractivity contribution < 1.29 is 9.47 Å². The molecule has 8 heteroatoms. The predicted molar refractivity (Wildman–Crippen MR) is 321 cm³/mol. The van der Waals surface area contributed by atoms with Gasteiger partial charge in [0.25, 0.3) is 6.71 Å². The number of anilines is 9. The molecular formula is C68H55B2N3O2S. The number of rotatable bonds is 7. The first kappa shape index (κ1) is 46.2. The second-order valence-corrected chi connectivity index (χ2v) is 23.6. The summed E-state index contributed by atoms with van der Waals surface area (Å²) in [5.41, 5.74) is 20.4. The van der Waals surface area contributed by atoms with Crippen LogP contribution in [0.1, 0.15) is 52.7 Å². The first-order valence-corrected chi connectivity index (χ1v) is 27.3. The lowest BCUT2D eigenvalue weighted by Gasteiger charge is -2.45. The van der Waals surface area contributed by atoms with E-state index in [2.05, 4.69) is 281 Å². The van der Waals surface area contributed by atoms with Gasteiger partial charge in [0.1, 0.15) is 23.0 Å². The molecule has 4 aliphatic rings. The van der Waals surface area contributed by atoms with Gasteiger partial charge in [0.2, 0.25) is 6.71 Å². The zero-order chi connectivity index (χ0) is 51.5. The molecule has 4 heterocycles. The lowest BCUT2D eigenvalue weighted by Crippen LogP contribution is -2.64. The quantitative estimate of drug-likeness (QED) is 0.148. The fraction of sp³-hybridized carbons (Fsp3) is 0.118. The van der Waals surface area contributed by atoms with Gasteiger partial charge in [-0.25, -0.2) is 0 Å². The summed E-state index contributed by atoms with van der Waals surface area (Å²) >= 11 is 1.85. The molecule has 10 aromatic rings. The largest absolute Gasteiger partial charge is 0.457 e. The van der Waals surface area contributed by atoms with Crippen LogP contribution in [0.15, 0.2) is 234 Å². The third kappa shape index (κ3) is 7.64. The van der Waals surface area contributed by atoms with E-state index in [-0.39, 0.29) is 24.3 Å². The van der Waals surface area contributed by atoms with Gasteiger partial charge in [0.05, 0.1) is 0 Å². The van der Waals surface area contributed by atoms with E-state index in [0.717, 1.165) is 68.5 Å². The third-order valence-corrected chi connectivity index (χ3v) is 16.8. The Balaban J connectivity index is 1.00. The Morgan fingerprint density at radius 3 is 1.17 bits per heavy atom. The molecule has 5 nitrogen and oxygen atoms in total. The summed E-state index contributed by atoms with van der Waals surface area (Å²) in [6.45, 7) is 13.4. The SMILES string of the molecule is CC(C)(C)c1ccc(Oc2cc3c4c(c2)N(c2ccccc2)c2ccccc2B4c2cc4c(cc2S3)N(c2ccccc2)c2cc(Oc3ccc(C(C)(C)C)cc3)cc3c2B4c2ccccc2N3c2ccccc2)cc1. The fourth-order valence-electron chi connectivity index (χ4n) is 12.1. The topological polar surface area (TPSA) is 28.2 Å². The molecule has 0 radical (unpaired) electrons. The van der Waals surface area contributed by atoms with Crippen LogP contribution in [0.4, 0.5) is 51.2 Å². The number of para-hydroxylation sites is 5. The van der Waals surface area contributed by atoms with Crippen LogP contribution < -0.4 is 57.0 Å². The van der Waals surface area contributed by atoms with E-state index in [1.165, 1.54) is 59.4 Å². The van der Waals surface area contributed by atoms with Crippen molar-refractivity contribution in [3.63, 3.8) is 0 Å². The highest BCUT2D eigenvalue weighted by atomic mass is 32.2. The minimum Gasteiger partial charge on any atom is -0.457 e. The number of fused-ring (bicyclic) bond motifs is 8. The highest BCUT2D eigenvalue weighted by molar-refractivity contribution is 8.00. The smallest absolute Gasteiger partial charge is 0.252 e. The Morgan fingerprint density at radius 2 is 0.711 bits per heavy atom. The van der Waals surface area contributed by atoms with E-state index < -0.39 is 0 Å². The van der Waals surface area contributed by atoms with E-state index in [4.69, 9.17) is 9.47 Å². The lowest BCUT2D eigenvalue weighted by molar-refractivity contribution is 0.480. The van der Waals surface area contributed by atoms with Crippen molar-refractivity contribution in [3.8, 4) is 23.0 Å². The van der Waals surface area contributed by atoms with Crippen LogP contribution >= 0.6 is 11.8 Å². The van der Waals surface area contributed by atoms with Gasteiger partial charge in [-0.15, -0.1) is 0 Å². The summed E-state index contributed by atoms with van der Waals surface area (Å²) in [7, 11) is 0. The van der Waals surface area contributed by atoms with Crippen LogP contribution in [-0.2, 0) is 10.8 Å². The summed E-state index contributed by atoms with van der Waals surface area (Å²) in [5, 5.41) is 0. The van der Waals surface area contributed by atoms with Crippen LogP contribution in [-0.4, -0.2) is 13.4 Å². The molecule has 0 spiro atoms. The number of hydrogen-bond donors (Lipinski definition) is 0. The second-order valence-electron chi connectivity index (χ2n) is 22.5. The standard InChI is InChI=1S/C68H55B2N3O2S/c1-67(2,3)44-30-34-49(35-31-44)74-51-38-60-65-61(39-51)73(48-24-14-9-15-25-48)59-43-63-56(42-55(59)69(65)53-26-16-18-28-57(53)71(60)46-20-10-7-11-21-46)70-54-27-17-19-29-58(54)72(47-22-12-8-13-23-47)62-40-52(41-64(76-63)66(62)70)75-50-36-32-45(33-37-50)68(4,5)6/h7-43H,1-6H3. The Kier molecular flexibility index (Phi) is 10.7.